The molecule has 0 aliphatic carbocycles. The molecule has 1 heterocycles. The Morgan fingerprint density at radius 2 is 1.96 bits per heavy atom. The first kappa shape index (κ1) is 17.1. The molecule has 25 heavy (non-hydrogen) atoms. The highest BCUT2D eigenvalue weighted by molar-refractivity contribution is 5.76. The molecule has 0 spiro atoms. The Labute approximate surface area is 144 Å². The van der Waals surface area contributed by atoms with E-state index < -0.39 is 18.5 Å². The van der Waals surface area contributed by atoms with Crippen molar-refractivity contribution in [3.05, 3.63) is 65.5 Å². The van der Waals surface area contributed by atoms with Gasteiger partial charge in [0.2, 0.25) is 0 Å². The maximum atomic E-state index is 12.7. The third-order valence-electron chi connectivity index (χ3n) is 4.05. The fourth-order valence-electron chi connectivity index (χ4n) is 2.82. The fourth-order valence-corrected chi connectivity index (χ4v) is 2.82. The molecule has 0 aliphatic rings. The van der Waals surface area contributed by atoms with Gasteiger partial charge < -0.3 is 9.30 Å². The number of hydrogen-bond donors (Lipinski definition) is 0. The Morgan fingerprint density at radius 3 is 2.68 bits per heavy atom. The molecule has 4 nitrogen and oxygen atoms in total. The van der Waals surface area contributed by atoms with Crippen LogP contribution >= 0.6 is 0 Å². The standard InChI is InChI=1S/C19H18F2N2O2/c1-12(19-22-15-8-3-4-9-16(15)23(19)2)25-17(24)11-13-6-5-7-14(10-13)18(20)21/h3-10,12,18H,11H2,1-2H3. The molecule has 0 amide bonds. The molecule has 6 heteroatoms. The summed E-state index contributed by atoms with van der Waals surface area (Å²) in [5.41, 5.74) is 2.17. The molecule has 130 valence electrons. The van der Waals surface area contributed by atoms with Crippen LogP contribution in [0.2, 0.25) is 0 Å². The van der Waals surface area contributed by atoms with E-state index in [-0.39, 0.29) is 12.0 Å². The summed E-state index contributed by atoms with van der Waals surface area (Å²) in [4.78, 5) is 16.7. The predicted molar refractivity (Wildman–Crippen MR) is 90.3 cm³/mol. The summed E-state index contributed by atoms with van der Waals surface area (Å²) in [6.07, 6.45) is -3.16. The largest absolute Gasteiger partial charge is 0.454 e. The quantitative estimate of drug-likeness (QED) is 0.646. The van der Waals surface area contributed by atoms with Crippen LogP contribution in [-0.4, -0.2) is 15.5 Å². The van der Waals surface area contributed by atoms with Crippen LogP contribution in [0.5, 0.6) is 0 Å². The zero-order valence-electron chi connectivity index (χ0n) is 13.9. The number of imidazole rings is 1. The number of hydrogen-bond acceptors (Lipinski definition) is 3. The second-order valence-corrected chi connectivity index (χ2v) is 5.87. The van der Waals surface area contributed by atoms with E-state index in [9.17, 15) is 13.6 Å². The van der Waals surface area contributed by atoms with Gasteiger partial charge in [-0.05, 0) is 30.7 Å². The first-order valence-electron chi connectivity index (χ1n) is 7.93. The molecule has 1 atom stereocenters. The molecule has 0 N–H and O–H groups in total. The normalized spacial score (nSPS) is 12.5. The maximum Gasteiger partial charge on any atom is 0.310 e. The zero-order valence-corrected chi connectivity index (χ0v) is 13.9. The van der Waals surface area contributed by atoms with Crippen LogP contribution in [0.4, 0.5) is 8.78 Å². The van der Waals surface area contributed by atoms with Crippen molar-refractivity contribution in [3.63, 3.8) is 0 Å². The molecule has 0 saturated carbocycles. The highest BCUT2D eigenvalue weighted by Gasteiger charge is 2.19. The van der Waals surface area contributed by atoms with Gasteiger partial charge in [-0.2, -0.15) is 0 Å². The second kappa shape index (κ2) is 7.01. The number of alkyl halides is 2. The Kier molecular flexibility index (Phi) is 4.79. The van der Waals surface area contributed by atoms with Gasteiger partial charge in [0, 0.05) is 12.6 Å². The number of aromatic nitrogens is 2. The average molecular weight is 344 g/mol. The van der Waals surface area contributed by atoms with Crippen LogP contribution in [0.1, 0.15) is 36.4 Å². The van der Waals surface area contributed by atoms with Gasteiger partial charge in [0.25, 0.3) is 6.43 Å². The third kappa shape index (κ3) is 3.68. The molecular weight excluding hydrogens is 326 g/mol. The van der Waals surface area contributed by atoms with Crippen molar-refractivity contribution in [2.24, 2.45) is 7.05 Å². The van der Waals surface area contributed by atoms with Gasteiger partial charge in [-0.15, -0.1) is 0 Å². The van der Waals surface area contributed by atoms with E-state index >= 15 is 0 Å². The van der Waals surface area contributed by atoms with E-state index in [4.69, 9.17) is 4.74 Å². The molecule has 0 fully saturated rings. The molecule has 3 rings (SSSR count). The number of halogens is 2. The summed E-state index contributed by atoms with van der Waals surface area (Å²) < 4.78 is 32.8. The molecule has 0 radical (unpaired) electrons. The van der Waals surface area contributed by atoms with Gasteiger partial charge in [-0.3, -0.25) is 4.79 Å². The summed E-state index contributed by atoms with van der Waals surface area (Å²) in [7, 11) is 1.86. The molecule has 1 aromatic heterocycles. The number of carbonyl (C=O) groups is 1. The van der Waals surface area contributed by atoms with Crippen molar-refractivity contribution in [1.82, 2.24) is 9.55 Å². The first-order valence-corrected chi connectivity index (χ1v) is 7.93. The zero-order chi connectivity index (χ0) is 18.0. The van der Waals surface area contributed by atoms with Gasteiger partial charge in [-0.1, -0.05) is 30.3 Å². The lowest BCUT2D eigenvalue weighted by Gasteiger charge is -2.13. The molecule has 2 aromatic carbocycles. The summed E-state index contributed by atoms with van der Waals surface area (Å²) >= 11 is 0. The molecule has 3 aromatic rings. The van der Waals surface area contributed by atoms with Crippen molar-refractivity contribution >= 4 is 17.0 Å². The van der Waals surface area contributed by atoms with Crippen LogP contribution < -0.4 is 0 Å². The highest BCUT2D eigenvalue weighted by atomic mass is 19.3. The third-order valence-corrected chi connectivity index (χ3v) is 4.05. The summed E-state index contributed by atoms with van der Waals surface area (Å²) in [6, 6.07) is 13.4. The number of aryl methyl sites for hydroxylation is 1. The highest BCUT2D eigenvalue weighted by Crippen LogP contribution is 2.23. The molecule has 0 saturated heterocycles. The predicted octanol–water partition coefficient (Wildman–Crippen LogP) is 4.36. The minimum absolute atomic E-state index is 0.0607. The Balaban J connectivity index is 1.71. The average Bonchev–Trinajstić information content (AvgIpc) is 2.92. The van der Waals surface area contributed by atoms with E-state index in [2.05, 4.69) is 4.98 Å². The van der Waals surface area contributed by atoms with Crippen molar-refractivity contribution < 1.29 is 18.3 Å². The number of para-hydroxylation sites is 2. The topological polar surface area (TPSA) is 44.1 Å². The summed E-state index contributed by atoms with van der Waals surface area (Å²) in [6.45, 7) is 1.74. The molecular formula is C19H18F2N2O2. The van der Waals surface area contributed by atoms with Crippen molar-refractivity contribution in [3.8, 4) is 0 Å². The molecule has 0 bridgehead atoms. The molecule has 1 unspecified atom stereocenters. The lowest BCUT2D eigenvalue weighted by atomic mass is 10.1. The Hall–Kier alpha value is -2.76. The lowest BCUT2D eigenvalue weighted by molar-refractivity contribution is -0.148. The van der Waals surface area contributed by atoms with Gasteiger partial charge in [-0.25, -0.2) is 13.8 Å². The van der Waals surface area contributed by atoms with E-state index in [1.807, 2.05) is 35.9 Å². The second-order valence-electron chi connectivity index (χ2n) is 5.87. The fraction of sp³-hybridized carbons (Fsp3) is 0.263. The van der Waals surface area contributed by atoms with Gasteiger partial charge >= 0.3 is 5.97 Å². The van der Waals surface area contributed by atoms with Crippen molar-refractivity contribution in [2.75, 3.05) is 0 Å². The van der Waals surface area contributed by atoms with Crippen molar-refractivity contribution in [2.45, 2.75) is 25.9 Å². The number of benzene rings is 2. The number of ether oxygens (including phenoxy) is 1. The van der Waals surface area contributed by atoms with E-state index in [0.29, 0.717) is 11.4 Å². The monoisotopic (exact) mass is 344 g/mol. The summed E-state index contributed by atoms with van der Waals surface area (Å²) in [5.74, 6) is 0.154. The van der Waals surface area contributed by atoms with E-state index in [1.165, 1.54) is 18.2 Å². The number of nitrogens with zero attached hydrogens (tertiary/aromatic N) is 2. The van der Waals surface area contributed by atoms with E-state index in [0.717, 1.165) is 11.0 Å². The van der Waals surface area contributed by atoms with Crippen LogP contribution in [0.15, 0.2) is 48.5 Å². The SMILES string of the molecule is CC(OC(=O)Cc1cccc(C(F)F)c1)c1nc2ccccc2n1C. The smallest absolute Gasteiger partial charge is 0.310 e. The van der Waals surface area contributed by atoms with Gasteiger partial charge in [0.05, 0.1) is 17.5 Å². The minimum atomic E-state index is -2.56. The van der Waals surface area contributed by atoms with Gasteiger partial charge in [0.1, 0.15) is 0 Å². The first-order chi connectivity index (χ1) is 12.0. The Morgan fingerprint density at radius 1 is 1.20 bits per heavy atom. The summed E-state index contributed by atoms with van der Waals surface area (Å²) in [5, 5.41) is 0. The van der Waals surface area contributed by atoms with Crippen LogP contribution in [0.3, 0.4) is 0 Å². The number of carbonyl (C=O) groups excluding carboxylic acids is 1. The minimum Gasteiger partial charge on any atom is -0.454 e. The number of fused-ring (bicyclic) bond motifs is 1. The lowest BCUT2D eigenvalue weighted by Crippen LogP contribution is -2.14. The maximum absolute atomic E-state index is 12.7. The van der Waals surface area contributed by atoms with Crippen LogP contribution in [0.25, 0.3) is 11.0 Å². The number of rotatable bonds is 5. The van der Waals surface area contributed by atoms with E-state index in [1.54, 1.807) is 13.0 Å². The Bertz CT molecular complexity index is 905. The van der Waals surface area contributed by atoms with Crippen LogP contribution in [0, 0.1) is 0 Å². The van der Waals surface area contributed by atoms with Crippen molar-refractivity contribution in [1.29, 1.82) is 0 Å². The number of esters is 1. The molecule has 0 aliphatic heterocycles. The van der Waals surface area contributed by atoms with Gasteiger partial charge in [0.15, 0.2) is 11.9 Å². The van der Waals surface area contributed by atoms with Crippen LogP contribution in [-0.2, 0) is 23.0 Å².